The number of halogens is 1. The van der Waals surface area contributed by atoms with Crippen LogP contribution >= 0.6 is 39.0 Å². The Morgan fingerprint density at radius 2 is 2.04 bits per heavy atom. The summed E-state index contributed by atoms with van der Waals surface area (Å²) in [6.07, 6.45) is 0.957. The highest BCUT2D eigenvalue weighted by Crippen LogP contribution is 2.22. The summed E-state index contributed by atoms with van der Waals surface area (Å²) in [5, 5.41) is 5.62. The summed E-state index contributed by atoms with van der Waals surface area (Å²) in [6.45, 7) is 6.82. The van der Waals surface area contributed by atoms with Crippen molar-refractivity contribution >= 4 is 50.1 Å². The van der Waals surface area contributed by atoms with Crippen LogP contribution in [0.25, 0.3) is 0 Å². The van der Waals surface area contributed by atoms with Crippen LogP contribution in [0.5, 0.6) is 0 Å². The van der Waals surface area contributed by atoms with Gasteiger partial charge in [0.1, 0.15) is 0 Å². The smallest absolute Gasteiger partial charge is 0.226 e. The van der Waals surface area contributed by atoms with E-state index in [0.717, 1.165) is 40.4 Å². The van der Waals surface area contributed by atoms with Gasteiger partial charge in [0.25, 0.3) is 0 Å². The average molecular weight is 470 g/mol. The summed E-state index contributed by atoms with van der Waals surface area (Å²) in [5.74, 6) is 0.754. The number of carbonyl (C=O) groups is 1. The number of thiazole rings is 1. The molecule has 27 heavy (non-hydrogen) atoms. The molecule has 1 N–H and O–H groups in total. The Labute approximate surface area is 177 Å². The molecule has 0 bridgehead atoms. The van der Waals surface area contributed by atoms with Crippen molar-refractivity contribution in [1.29, 1.82) is 0 Å². The fourth-order valence-corrected chi connectivity index (χ4v) is 4.89. The van der Waals surface area contributed by atoms with E-state index in [4.69, 9.17) is 4.74 Å². The number of anilines is 1. The molecule has 5 nitrogen and oxygen atoms in total. The van der Waals surface area contributed by atoms with Gasteiger partial charge in [-0.25, -0.2) is 4.98 Å². The Hall–Kier alpha value is -0.930. The molecule has 1 aromatic heterocycles. The molecular weight excluding hydrogens is 446 g/mol. The second kappa shape index (κ2) is 10.0. The van der Waals surface area contributed by atoms with Crippen LogP contribution < -0.4 is 5.32 Å². The van der Waals surface area contributed by atoms with Crippen molar-refractivity contribution in [3.63, 3.8) is 0 Å². The van der Waals surface area contributed by atoms with Gasteiger partial charge in [-0.1, -0.05) is 15.9 Å². The second-order valence-electron chi connectivity index (χ2n) is 6.70. The van der Waals surface area contributed by atoms with E-state index in [1.807, 2.05) is 29.6 Å². The van der Waals surface area contributed by atoms with Crippen LogP contribution in [0.1, 0.15) is 26.0 Å². The van der Waals surface area contributed by atoms with Crippen LogP contribution in [0.4, 0.5) is 5.13 Å². The third-order valence-electron chi connectivity index (χ3n) is 4.09. The number of rotatable bonds is 7. The van der Waals surface area contributed by atoms with Gasteiger partial charge < -0.3 is 10.1 Å². The van der Waals surface area contributed by atoms with E-state index in [1.54, 1.807) is 11.8 Å². The standard InChI is InChI=1S/C19H24BrN3O2S2/c1-13-9-23(10-14(2)25-13)11-16-12-27-19(21-16)22-18(24)7-8-26-17-5-3-15(20)4-6-17/h3-6,12-14H,7-11H2,1-2H3,(H,21,22,24). The Balaban J connectivity index is 1.41. The van der Waals surface area contributed by atoms with E-state index in [0.29, 0.717) is 11.6 Å². The van der Waals surface area contributed by atoms with Crippen molar-refractivity contribution in [3.05, 3.63) is 39.8 Å². The van der Waals surface area contributed by atoms with Gasteiger partial charge in [0.05, 0.1) is 17.9 Å². The number of carbonyl (C=O) groups excluding carboxylic acids is 1. The largest absolute Gasteiger partial charge is 0.373 e. The molecule has 1 aliphatic rings. The van der Waals surface area contributed by atoms with E-state index in [9.17, 15) is 4.79 Å². The summed E-state index contributed by atoms with van der Waals surface area (Å²) >= 11 is 6.59. The number of morpholine rings is 1. The highest BCUT2D eigenvalue weighted by molar-refractivity contribution is 9.10. The quantitative estimate of drug-likeness (QED) is 0.598. The first kappa shape index (κ1) is 20.8. The van der Waals surface area contributed by atoms with Crippen molar-refractivity contribution in [3.8, 4) is 0 Å². The molecule has 1 fully saturated rings. The summed E-state index contributed by atoms with van der Waals surface area (Å²) < 4.78 is 6.83. The van der Waals surface area contributed by atoms with Gasteiger partial charge in [0, 0.05) is 46.6 Å². The number of ether oxygens (including phenoxy) is 1. The van der Waals surface area contributed by atoms with Gasteiger partial charge in [-0.05, 0) is 38.1 Å². The molecule has 2 heterocycles. The van der Waals surface area contributed by atoms with Crippen LogP contribution in [0, 0.1) is 0 Å². The minimum Gasteiger partial charge on any atom is -0.373 e. The second-order valence-corrected chi connectivity index (χ2v) is 9.64. The normalized spacial score (nSPS) is 20.6. The Morgan fingerprint density at radius 1 is 1.33 bits per heavy atom. The van der Waals surface area contributed by atoms with Gasteiger partial charge >= 0.3 is 0 Å². The molecule has 1 saturated heterocycles. The lowest BCUT2D eigenvalue weighted by molar-refractivity contribution is -0.115. The van der Waals surface area contributed by atoms with Crippen molar-refractivity contribution in [2.75, 3.05) is 24.2 Å². The first-order chi connectivity index (χ1) is 13.0. The molecule has 1 aromatic carbocycles. The topological polar surface area (TPSA) is 54.5 Å². The maximum absolute atomic E-state index is 12.1. The number of benzene rings is 1. The summed E-state index contributed by atoms with van der Waals surface area (Å²) in [7, 11) is 0. The van der Waals surface area contributed by atoms with Crippen molar-refractivity contribution in [1.82, 2.24) is 9.88 Å². The van der Waals surface area contributed by atoms with Crippen LogP contribution in [0.2, 0.25) is 0 Å². The zero-order valence-corrected chi connectivity index (χ0v) is 18.7. The lowest BCUT2D eigenvalue weighted by Gasteiger charge is -2.34. The number of hydrogen-bond acceptors (Lipinski definition) is 6. The number of aromatic nitrogens is 1. The molecule has 1 amide bonds. The zero-order valence-electron chi connectivity index (χ0n) is 15.5. The molecule has 2 unspecified atom stereocenters. The van der Waals surface area contributed by atoms with E-state index in [1.165, 1.54) is 11.3 Å². The lowest BCUT2D eigenvalue weighted by Crippen LogP contribution is -2.44. The molecule has 2 aromatic rings. The average Bonchev–Trinajstić information content (AvgIpc) is 3.02. The van der Waals surface area contributed by atoms with Crippen molar-refractivity contribution < 1.29 is 9.53 Å². The first-order valence-electron chi connectivity index (χ1n) is 8.98. The van der Waals surface area contributed by atoms with Gasteiger partial charge in [0.2, 0.25) is 5.91 Å². The minimum absolute atomic E-state index is 0.00845. The molecular formula is C19H24BrN3O2S2. The van der Waals surface area contributed by atoms with Crippen LogP contribution in [-0.4, -0.2) is 46.8 Å². The Bertz CT molecular complexity index is 744. The van der Waals surface area contributed by atoms with Gasteiger partial charge in [-0.15, -0.1) is 23.1 Å². The van der Waals surface area contributed by atoms with Gasteiger partial charge in [0.15, 0.2) is 5.13 Å². The maximum atomic E-state index is 12.1. The highest BCUT2D eigenvalue weighted by Gasteiger charge is 2.22. The SMILES string of the molecule is CC1CN(Cc2csc(NC(=O)CCSc3ccc(Br)cc3)n2)CC(C)O1. The van der Waals surface area contributed by atoms with E-state index in [-0.39, 0.29) is 18.1 Å². The van der Waals surface area contributed by atoms with Crippen LogP contribution in [0.3, 0.4) is 0 Å². The minimum atomic E-state index is 0.00845. The van der Waals surface area contributed by atoms with Crippen molar-refractivity contribution in [2.45, 2.75) is 43.9 Å². The summed E-state index contributed by atoms with van der Waals surface area (Å²) in [4.78, 5) is 20.2. The van der Waals surface area contributed by atoms with Gasteiger partial charge in [-0.3, -0.25) is 9.69 Å². The number of nitrogens with zero attached hydrogens (tertiary/aromatic N) is 2. The molecule has 0 spiro atoms. The molecule has 0 saturated carbocycles. The molecule has 1 aliphatic heterocycles. The number of thioether (sulfide) groups is 1. The highest BCUT2D eigenvalue weighted by atomic mass is 79.9. The fourth-order valence-electron chi connectivity index (χ4n) is 3.05. The third-order valence-corrected chi connectivity index (χ3v) is 6.44. The molecule has 0 radical (unpaired) electrons. The van der Waals surface area contributed by atoms with Crippen molar-refractivity contribution in [2.24, 2.45) is 0 Å². The summed E-state index contributed by atoms with van der Waals surface area (Å²) in [6, 6.07) is 8.12. The predicted octanol–water partition coefficient (Wildman–Crippen LogP) is 4.64. The first-order valence-corrected chi connectivity index (χ1v) is 11.6. The van der Waals surface area contributed by atoms with E-state index < -0.39 is 0 Å². The van der Waals surface area contributed by atoms with Gasteiger partial charge in [-0.2, -0.15) is 0 Å². The predicted molar refractivity (Wildman–Crippen MR) is 116 cm³/mol. The summed E-state index contributed by atoms with van der Waals surface area (Å²) in [5.41, 5.74) is 1.00. The zero-order chi connectivity index (χ0) is 19.2. The fraction of sp³-hybridized carbons (Fsp3) is 0.474. The number of nitrogens with one attached hydrogen (secondary N) is 1. The number of hydrogen-bond donors (Lipinski definition) is 1. The maximum Gasteiger partial charge on any atom is 0.226 e. The van der Waals surface area contributed by atoms with E-state index in [2.05, 4.69) is 45.0 Å². The van der Waals surface area contributed by atoms with Crippen LogP contribution in [-0.2, 0) is 16.1 Å². The third kappa shape index (κ3) is 6.87. The molecule has 2 atom stereocenters. The number of amides is 1. The Morgan fingerprint density at radius 3 is 2.74 bits per heavy atom. The molecule has 146 valence electrons. The molecule has 0 aliphatic carbocycles. The monoisotopic (exact) mass is 469 g/mol. The van der Waals surface area contributed by atoms with E-state index >= 15 is 0 Å². The molecule has 3 rings (SSSR count). The van der Waals surface area contributed by atoms with Crippen LogP contribution in [0.15, 0.2) is 39.0 Å². The lowest BCUT2D eigenvalue weighted by atomic mass is 10.2. The Kier molecular flexibility index (Phi) is 7.72. The molecule has 8 heteroatoms.